The van der Waals surface area contributed by atoms with Crippen LogP contribution in [0.15, 0.2) is 6.07 Å². The van der Waals surface area contributed by atoms with Crippen molar-refractivity contribution in [2.24, 2.45) is 5.92 Å². The second-order valence-electron chi connectivity index (χ2n) is 4.01. The fraction of sp³-hybridized carbons (Fsp3) is 0.636. The van der Waals surface area contributed by atoms with Gasteiger partial charge in [0, 0.05) is 10.9 Å². The fourth-order valence-corrected chi connectivity index (χ4v) is 2.23. The Kier molecular flexibility index (Phi) is 4.87. The molecule has 1 rings (SSSR count). The molecule has 15 heavy (non-hydrogen) atoms. The van der Waals surface area contributed by atoms with Gasteiger partial charge in [0.15, 0.2) is 0 Å². The Hall–Kier alpha value is -0.280. The lowest BCUT2D eigenvalue weighted by Gasteiger charge is -2.14. The third kappa shape index (κ3) is 4.39. The number of halogens is 1. The van der Waals surface area contributed by atoms with Crippen molar-refractivity contribution in [3.8, 4) is 0 Å². The monoisotopic (exact) mass is 244 g/mol. The first kappa shape index (κ1) is 12.8. The Morgan fingerprint density at radius 3 is 2.53 bits per heavy atom. The van der Waals surface area contributed by atoms with E-state index >= 15 is 0 Å². The summed E-state index contributed by atoms with van der Waals surface area (Å²) in [5, 5.41) is 1.16. The van der Waals surface area contributed by atoms with Crippen LogP contribution in [-0.2, 0) is 5.75 Å². The van der Waals surface area contributed by atoms with Crippen molar-refractivity contribution in [3.63, 3.8) is 0 Å². The molecule has 2 nitrogen and oxygen atoms in total. The van der Waals surface area contributed by atoms with Crippen molar-refractivity contribution in [1.29, 1.82) is 0 Å². The first-order valence-electron chi connectivity index (χ1n) is 5.10. The topological polar surface area (TPSA) is 25.8 Å². The zero-order valence-corrected chi connectivity index (χ0v) is 11.2. The molecular formula is C11H17ClN2S. The number of rotatable bonds is 4. The lowest BCUT2D eigenvalue weighted by atomic mass is 10.2. The summed E-state index contributed by atoms with van der Waals surface area (Å²) < 4.78 is 0. The van der Waals surface area contributed by atoms with Crippen molar-refractivity contribution in [2.75, 3.05) is 0 Å². The quantitative estimate of drug-likeness (QED) is 0.755. The van der Waals surface area contributed by atoms with Crippen molar-refractivity contribution in [1.82, 2.24) is 9.97 Å². The summed E-state index contributed by atoms with van der Waals surface area (Å²) >= 11 is 7.74. The number of hydrogen-bond acceptors (Lipinski definition) is 3. The number of hydrogen-bond donors (Lipinski definition) is 0. The second-order valence-corrected chi connectivity index (χ2v) is 5.76. The molecule has 1 atom stereocenters. The van der Waals surface area contributed by atoms with Crippen molar-refractivity contribution < 1.29 is 0 Å². The summed E-state index contributed by atoms with van der Waals surface area (Å²) in [7, 11) is 0. The maximum Gasteiger partial charge on any atom is 0.140 e. The van der Waals surface area contributed by atoms with Gasteiger partial charge in [0.25, 0.3) is 0 Å². The Morgan fingerprint density at radius 1 is 1.33 bits per heavy atom. The SMILES string of the molecule is Cc1cc(Cl)nc(CSC(C)C(C)C)n1. The summed E-state index contributed by atoms with van der Waals surface area (Å²) in [5.74, 6) is 2.34. The third-order valence-electron chi connectivity index (χ3n) is 2.28. The van der Waals surface area contributed by atoms with Crippen LogP contribution in [0.2, 0.25) is 5.15 Å². The molecule has 0 aliphatic rings. The molecule has 0 aromatic carbocycles. The van der Waals surface area contributed by atoms with Gasteiger partial charge < -0.3 is 0 Å². The van der Waals surface area contributed by atoms with Gasteiger partial charge in [0.2, 0.25) is 0 Å². The second kappa shape index (κ2) is 5.71. The summed E-state index contributed by atoms with van der Waals surface area (Å²) in [6.07, 6.45) is 0. The Labute approximate surface area is 101 Å². The molecule has 0 radical (unpaired) electrons. The highest BCUT2D eigenvalue weighted by molar-refractivity contribution is 7.99. The predicted molar refractivity (Wildman–Crippen MR) is 67.4 cm³/mol. The maximum absolute atomic E-state index is 5.87. The largest absolute Gasteiger partial charge is 0.237 e. The van der Waals surface area contributed by atoms with Gasteiger partial charge in [-0.1, -0.05) is 32.4 Å². The van der Waals surface area contributed by atoms with E-state index in [-0.39, 0.29) is 0 Å². The number of thioether (sulfide) groups is 1. The molecule has 1 aromatic heterocycles. The first-order valence-corrected chi connectivity index (χ1v) is 6.53. The first-order chi connectivity index (χ1) is 6.99. The standard InChI is InChI=1S/C11H17ClN2S/c1-7(2)9(4)15-6-11-13-8(3)5-10(12)14-11/h5,7,9H,6H2,1-4H3. The van der Waals surface area contributed by atoms with Crippen LogP contribution in [0.3, 0.4) is 0 Å². The molecule has 1 aromatic rings. The normalized spacial score (nSPS) is 13.2. The average molecular weight is 245 g/mol. The van der Waals surface area contributed by atoms with Crippen LogP contribution in [-0.4, -0.2) is 15.2 Å². The zero-order valence-electron chi connectivity index (χ0n) is 9.62. The van der Waals surface area contributed by atoms with Crippen LogP contribution in [0.4, 0.5) is 0 Å². The number of nitrogens with zero attached hydrogens (tertiary/aromatic N) is 2. The molecule has 0 saturated heterocycles. The average Bonchev–Trinajstić information content (AvgIpc) is 2.12. The molecule has 0 saturated carbocycles. The zero-order chi connectivity index (χ0) is 11.4. The maximum atomic E-state index is 5.87. The highest BCUT2D eigenvalue weighted by atomic mass is 35.5. The van der Waals surface area contributed by atoms with E-state index in [1.807, 2.05) is 18.7 Å². The molecule has 0 amide bonds. The van der Waals surface area contributed by atoms with Gasteiger partial charge in [-0.25, -0.2) is 9.97 Å². The van der Waals surface area contributed by atoms with Gasteiger partial charge in [-0.2, -0.15) is 11.8 Å². The molecule has 84 valence electrons. The lowest BCUT2D eigenvalue weighted by Crippen LogP contribution is -2.07. The molecule has 0 spiro atoms. The van der Waals surface area contributed by atoms with Gasteiger partial charge in [-0.05, 0) is 18.9 Å². The summed E-state index contributed by atoms with van der Waals surface area (Å²) in [6, 6.07) is 1.78. The van der Waals surface area contributed by atoms with Crippen LogP contribution in [0, 0.1) is 12.8 Å². The molecule has 0 fully saturated rings. The van der Waals surface area contributed by atoms with E-state index in [0.717, 1.165) is 17.3 Å². The summed E-state index contributed by atoms with van der Waals surface area (Å²) in [6.45, 7) is 8.61. The Bertz CT molecular complexity index is 308. The van der Waals surface area contributed by atoms with Crippen LogP contribution < -0.4 is 0 Å². The van der Waals surface area contributed by atoms with E-state index in [9.17, 15) is 0 Å². The number of aryl methyl sites for hydroxylation is 1. The highest BCUT2D eigenvalue weighted by Crippen LogP contribution is 2.22. The molecule has 4 heteroatoms. The van der Waals surface area contributed by atoms with Crippen LogP contribution >= 0.6 is 23.4 Å². The van der Waals surface area contributed by atoms with E-state index < -0.39 is 0 Å². The van der Waals surface area contributed by atoms with Crippen LogP contribution in [0.1, 0.15) is 32.3 Å². The van der Waals surface area contributed by atoms with Crippen molar-refractivity contribution in [3.05, 3.63) is 22.7 Å². The van der Waals surface area contributed by atoms with Gasteiger partial charge in [0.1, 0.15) is 11.0 Å². The van der Waals surface area contributed by atoms with Gasteiger partial charge in [0.05, 0.1) is 5.75 Å². The molecule has 0 N–H and O–H groups in total. The minimum atomic E-state index is 0.537. The highest BCUT2D eigenvalue weighted by Gasteiger charge is 2.09. The van der Waals surface area contributed by atoms with Gasteiger partial charge in [-0.15, -0.1) is 0 Å². The minimum Gasteiger partial charge on any atom is -0.237 e. The molecule has 0 aliphatic carbocycles. The van der Waals surface area contributed by atoms with E-state index in [1.54, 1.807) is 6.07 Å². The third-order valence-corrected chi connectivity index (χ3v) is 3.97. The van der Waals surface area contributed by atoms with Gasteiger partial charge in [-0.3, -0.25) is 0 Å². The molecule has 1 heterocycles. The van der Waals surface area contributed by atoms with E-state index in [4.69, 9.17) is 11.6 Å². The van der Waals surface area contributed by atoms with E-state index in [0.29, 0.717) is 16.3 Å². The summed E-state index contributed by atoms with van der Waals surface area (Å²) in [4.78, 5) is 8.55. The van der Waals surface area contributed by atoms with Crippen LogP contribution in [0.5, 0.6) is 0 Å². The van der Waals surface area contributed by atoms with Crippen LogP contribution in [0.25, 0.3) is 0 Å². The molecule has 0 aliphatic heterocycles. The fourth-order valence-electron chi connectivity index (χ4n) is 1.05. The van der Waals surface area contributed by atoms with Crippen molar-refractivity contribution >= 4 is 23.4 Å². The molecule has 0 bridgehead atoms. The summed E-state index contributed by atoms with van der Waals surface area (Å²) in [5.41, 5.74) is 0.933. The molecular weight excluding hydrogens is 228 g/mol. The minimum absolute atomic E-state index is 0.537. The van der Waals surface area contributed by atoms with E-state index in [2.05, 4.69) is 30.7 Å². The predicted octanol–water partition coefficient (Wildman–Crippen LogP) is 3.72. The van der Waals surface area contributed by atoms with E-state index in [1.165, 1.54) is 0 Å². The van der Waals surface area contributed by atoms with Crippen molar-refractivity contribution in [2.45, 2.75) is 38.7 Å². The Morgan fingerprint density at radius 2 is 2.00 bits per heavy atom. The smallest absolute Gasteiger partial charge is 0.140 e. The van der Waals surface area contributed by atoms with Gasteiger partial charge >= 0.3 is 0 Å². The lowest BCUT2D eigenvalue weighted by molar-refractivity contribution is 0.642. The number of aromatic nitrogens is 2. The molecule has 1 unspecified atom stereocenters. The Balaban J connectivity index is 2.57.